The van der Waals surface area contributed by atoms with Gasteiger partial charge in [0, 0.05) is 10.6 Å². The number of amides is 1. The van der Waals surface area contributed by atoms with Crippen LogP contribution in [-0.4, -0.2) is 19.3 Å². The fourth-order valence-electron chi connectivity index (χ4n) is 1.99. The predicted octanol–water partition coefficient (Wildman–Crippen LogP) is 4.10. The molecule has 0 aromatic heterocycles. The van der Waals surface area contributed by atoms with Crippen molar-refractivity contribution in [1.82, 2.24) is 0 Å². The van der Waals surface area contributed by atoms with Gasteiger partial charge in [-0.25, -0.2) is 4.39 Å². The van der Waals surface area contributed by atoms with Gasteiger partial charge in [-0.1, -0.05) is 6.07 Å². The van der Waals surface area contributed by atoms with Gasteiger partial charge in [0.1, 0.15) is 23.2 Å². The Labute approximate surface area is 143 Å². The zero-order valence-electron chi connectivity index (χ0n) is 13.2. The smallest absolute Gasteiger partial charge is 0.266 e. The van der Waals surface area contributed by atoms with Crippen LogP contribution in [0.1, 0.15) is 5.56 Å². The minimum absolute atomic E-state index is 0.0571. The minimum atomic E-state index is -0.558. The molecular weight excluding hydrogens is 327 g/mol. The number of rotatable bonds is 5. The van der Waals surface area contributed by atoms with E-state index >= 15 is 0 Å². The van der Waals surface area contributed by atoms with E-state index in [0.29, 0.717) is 17.0 Å². The Morgan fingerprint density at radius 2 is 2.00 bits per heavy atom. The number of methoxy groups -OCH3 is 1. The van der Waals surface area contributed by atoms with Crippen molar-refractivity contribution >= 4 is 29.4 Å². The summed E-state index contributed by atoms with van der Waals surface area (Å²) in [6, 6.07) is 12.6. The van der Waals surface area contributed by atoms with Crippen molar-refractivity contribution in [3.8, 4) is 11.8 Å². The van der Waals surface area contributed by atoms with Gasteiger partial charge in [-0.15, -0.1) is 11.8 Å². The topological polar surface area (TPSA) is 62.1 Å². The third-order valence-electron chi connectivity index (χ3n) is 3.19. The molecule has 122 valence electrons. The van der Waals surface area contributed by atoms with Crippen LogP contribution in [0.15, 0.2) is 52.9 Å². The van der Waals surface area contributed by atoms with Gasteiger partial charge in [-0.3, -0.25) is 4.79 Å². The number of nitrogens with zero attached hydrogens (tertiary/aromatic N) is 1. The first-order chi connectivity index (χ1) is 11.6. The summed E-state index contributed by atoms with van der Waals surface area (Å²) in [7, 11) is 1.56. The second kappa shape index (κ2) is 8.18. The highest BCUT2D eigenvalue weighted by molar-refractivity contribution is 7.98. The van der Waals surface area contributed by atoms with Crippen molar-refractivity contribution in [3.05, 3.63) is 59.4 Å². The van der Waals surface area contributed by atoms with Crippen LogP contribution in [-0.2, 0) is 4.79 Å². The number of thioether (sulfide) groups is 1. The molecule has 1 N–H and O–H groups in total. The quantitative estimate of drug-likeness (QED) is 0.505. The number of nitriles is 1. The van der Waals surface area contributed by atoms with E-state index in [-0.39, 0.29) is 5.57 Å². The Kier molecular flexibility index (Phi) is 5.99. The molecule has 1 amide bonds. The maximum absolute atomic E-state index is 12.9. The molecule has 0 unspecified atom stereocenters. The summed E-state index contributed by atoms with van der Waals surface area (Å²) in [4.78, 5) is 13.1. The number of halogens is 1. The molecule has 0 saturated heterocycles. The number of hydrogen-bond donors (Lipinski definition) is 1. The average molecular weight is 342 g/mol. The molecular formula is C18H15FN2O2S. The van der Waals surface area contributed by atoms with Gasteiger partial charge in [0.15, 0.2) is 0 Å². The number of hydrogen-bond acceptors (Lipinski definition) is 4. The minimum Gasteiger partial charge on any atom is -0.496 e. The molecule has 24 heavy (non-hydrogen) atoms. The van der Waals surface area contributed by atoms with Crippen LogP contribution in [0.5, 0.6) is 5.75 Å². The highest BCUT2D eigenvalue weighted by atomic mass is 32.2. The first kappa shape index (κ1) is 17.6. The maximum Gasteiger partial charge on any atom is 0.266 e. The second-order valence-corrected chi connectivity index (χ2v) is 5.59. The fourth-order valence-corrected chi connectivity index (χ4v) is 2.54. The van der Waals surface area contributed by atoms with Gasteiger partial charge in [-0.2, -0.15) is 5.26 Å². The van der Waals surface area contributed by atoms with Crippen molar-refractivity contribution in [3.63, 3.8) is 0 Å². The lowest BCUT2D eigenvalue weighted by Gasteiger charge is -2.07. The van der Waals surface area contributed by atoms with Crippen LogP contribution < -0.4 is 10.1 Å². The number of benzene rings is 2. The van der Waals surface area contributed by atoms with Crippen molar-refractivity contribution in [2.45, 2.75) is 4.90 Å². The Morgan fingerprint density at radius 1 is 1.29 bits per heavy atom. The summed E-state index contributed by atoms with van der Waals surface area (Å²) in [6.45, 7) is 0. The number of carbonyl (C=O) groups excluding carboxylic acids is 1. The Morgan fingerprint density at radius 3 is 2.58 bits per heavy atom. The lowest BCUT2D eigenvalue weighted by Crippen LogP contribution is -2.13. The first-order valence-corrected chi connectivity index (χ1v) is 8.20. The van der Waals surface area contributed by atoms with E-state index in [0.717, 1.165) is 4.90 Å². The first-order valence-electron chi connectivity index (χ1n) is 6.98. The summed E-state index contributed by atoms with van der Waals surface area (Å²) >= 11 is 1.54. The van der Waals surface area contributed by atoms with Crippen molar-refractivity contribution in [1.29, 1.82) is 5.26 Å². The van der Waals surface area contributed by atoms with E-state index in [9.17, 15) is 14.4 Å². The van der Waals surface area contributed by atoms with Crippen molar-refractivity contribution < 1.29 is 13.9 Å². The molecule has 2 aromatic carbocycles. The van der Waals surface area contributed by atoms with Crippen LogP contribution in [0.2, 0.25) is 0 Å². The normalized spacial score (nSPS) is 10.8. The molecule has 0 fully saturated rings. The zero-order chi connectivity index (χ0) is 17.5. The maximum atomic E-state index is 12.9. The van der Waals surface area contributed by atoms with Gasteiger partial charge >= 0.3 is 0 Å². The fraction of sp³-hybridized carbons (Fsp3) is 0.111. The lowest BCUT2D eigenvalue weighted by atomic mass is 10.1. The summed E-state index contributed by atoms with van der Waals surface area (Å²) in [5.41, 5.74) is 1.03. The predicted molar refractivity (Wildman–Crippen MR) is 93.4 cm³/mol. The molecule has 0 aliphatic rings. The largest absolute Gasteiger partial charge is 0.496 e. The standard InChI is InChI=1S/C18H15FN2O2S/c1-23-16-10-12(3-8-17(16)24-2)9-13(11-20)18(22)21-15-6-4-14(19)5-7-15/h3-10H,1-2H3,(H,21,22)/b13-9-. The van der Waals surface area contributed by atoms with Gasteiger partial charge in [0.05, 0.1) is 7.11 Å². The number of ether oxygens (including phenoxy) is 1. The number of anilines is 1. The Balaban J connectivity index is 2.23. The van der Waals surface area contributed by atoms with Crippen LogP contribution >= 0.6 is 11.8 Å². The molecule has 0 bridgehead atoms. The van der Waals surface area contributed by atoms with Crippen LogP contribution in [0.25, 0.3) is 6.08 Å². The Hall–Kier alpha value is -2.78. The Bertz CT molecular complexity index is 811. The molecule has 6 heteroatoms. The number of carbonyl (C=O) groups is 1. The van der Waals surface area contributed by atoms with Crippen LogP contribution in [0.3, 0.4) is 0 Å². The summed E-state index contributed by atoms with van der Waals surface area (Å²) in [6.07, 6.45) is 3.41. The molecule has 2 rings (SSSR count). The summed E-state index contributed by atoms with van der Waals surface area (Å²) < 4.78 is 18.2. The molecule has 0 heterocycles. The molecule has 0 aliphatic carbocycles. The van der Waals surface area contributed by atoms with E-state index in [4.69, 9.17) is 4.74 Å². The number of nitrogens with one attached hydrogen (secondary N) is 1. The molecule has 0 atom stereocenters. The van der Waals surface area contributed by atoms with Gasteiger partial charge < -0.3 is 10.1 Å². The van der Waals surface area contributed by atoms with Crippen molar-refractivity contribution in [2.75, 3.05) is 18.7 Å². The third kappa shape index (κ3) is 4.37. The van der Waals surface area contributed by atoms with E-state index in [1.807, 2.05) is 18.4 Å². The lowest BCUT2D eigenvalue weighted by molar-refractivity contribution is -0.112. The molecule has 0 spiro atoms. The monoisotopic (exact) mass is 342 g/mol. The molecule has 2 aromatic rings. The third-order valence-corrected chi connectivity index (χ3v) is 3.96. The molecule has 0 saturated carbocycles. The van der Waals surface area contributed by atoms with Gasteiger partial charge in [-0.05, 0) is 54.3 Å². The van der Waals surface area contributed by atoms with Gasteiger partial charge in [0.25, 0.3) is 5.91 Å². The van der Waals surface area contributed by atoms with Gasteiger partial charge in [0.2, 0.25) is 0 Å². The van der Waals surface area contributed by atoms with E-state index in [1.54, 1.807) is 31.0 Å². The van der Waals surface area contributed by atoms with Crippen LogP contribution in [0, 0.1) is 17.1 Å². The highest BCUT2D eigenvalue weighted by Crippen LogP contribution is 2.29. The van der Waals surface area contributed by atoms with E-state index < -0.39 is 11.7 Å². The average Bonchev–Trinajstić information content (AvgIpc) is 2.61. The second-order valence-electron chi connectivity index (χ2n) is 4.75. The van der Waals surface area contributed by atoms with Crippen LogP contribution in [0.4, 0.5) is 10.1 Å². The molecule has 0 aliphatic heterocycles. The summed E-state index contributed by atoms with van der Waals surface area (Å²) in [5.74, 6) is -0.283. The molecule has 0 radical (unpaired) electrons. The zero-order valence-corrected chi connectivity index (χ0v) is 14.0. The van der Waals surface area contributed by atoms with Crippen molar-refractivity contribution in [2.24, 2.45) is 0 Å². The van der Waals surface area contributed by atoms with E-state index in [2.05, 4.69) is 5.32 Å². The summed E-state index contributed by atoms with van der Waals surface area (Å²) in [5, 5.41) is 11.8. The highest BCUT2D eigenvalue weighted by Gasteiger charge is 2.10. The SMILES string of the molecule is COc1cc(/C=C(/C#N)C(=O)Nc2ccc(F)cc2)ccc1SC. The molecule has 4 nitrogen and oxygen atoms in total. The van der Waals surface area contributed by atoms with E-state index in [1.165, 1.54) is 30.3 Å².